The summed E-state index contributed by atoms with van der Waals surface area (Å²) < 4.78 is 18.4. The van der Waals surface area contributed by atoms with Crippen LogP contribution >= 0.6 is 15.9 Å². The summed E-state index contributed by atoms with van der Waals surface area (Å²) >= 11 is 3.16. The van der Waals surface area contributed by atoms with Crippen LogP contribution in [0, 0.1) is 5.82 Å². The van der Waals surface area contributed by atoms with Gasteiger partial charge >= 0.3 is 0 Å². The summed E-state index contributed by atoms with van der Waals surface area (Å²) in [7, 11) is 0. The Bertz CT molecular complexity index is 467. The van der Waals surface area contributed by atoms with E-state index in [1.54, 1.807) is 18.2 Å². The van der Waals surface area contributed by atoms with Crippen LogP contribution in [-0.4, -0.2) is 5.11 Å². The molecule has 0 saturated heterocycles. The summed E-state index contributed by atoms with van der Waals surface area (Å²) in [4.78, 5) is 0. The Kier molecular flexibility index (Phi) is 2.88. The van der Waals surface area contributed by atoms with Crippen LogP contribution < -0.4 is 0 Å². The average Bonchev–Trinajstić information content (AvgIpc) is 2.63. The number of hydrogen-bond donors (Lipinski definition) is 1. The number of aliphatic hydroxyl groups is 1. The van der Waals surface area contributed by atoms with Crippen molar-refractivity contribution in [2.24, 2.45) is 0 Å². The molecule has 0 spiro atoms. The van der Waals surface area contributed by atoms with Gasteiger partial charge in [-0.15, -0.1) is 0 Å². The second kappa shape index (κ2) is 4.16. The lowest BCUT2D eigenvalue weighted by atomic mass is 10.0. The van der Waals surface area contributed by atoms with Crippen molar-refractivity contribution in [1.29, 1.82) is 0 Å². The van der Waals surface area contributed by atoms with E-state index in [1.165, 1.54) is 18.4 Å². The highest BCUT2D eigenvalue weighted by Crippen LogP contribution is 2.29. The maximum atomic E-state index is 12.9. The monoisotopic (exact) mass is 270 g/mol. The molecule has 0 aliphatic carbocycles. The predicted molar refractivity (Wildman–Crippen MR) is 56.9 cm³/mol. The van der Waals surface area contributed by atoms with E-state index in [2.05, 4.69) is 15.9 Å². The smallest absolute Gasteiger partial charge is 0.175 e. The maximum absolute atomic E-state index is 12.9. The molecular weight excluding hydrogens is 263 g/mol. The lowest BCUT2D eigenvalue weighted by Gasteiger charge is -2.09. The molecule has 0 aliphatic rings. The van der Waals surface area contributed by atoms with Crippen LogP contribution in [0.2, 0.25) is 0 Å². The summed E-state index contributed by atoms with van der Waals surface area (Å²) in [6.45, 7) is 0. The molecule has 4 heteroatoms. The molecule has 1 heterocycles. The van der Waals surface area contributed by atoms with Gasteiger partial charge in [-0.2, -0.15) is 0 Å². The van der Waals surface area contributed by atoms with Gasteiger partial charge in [0.1, 0.15) is 11.9 Å². The fourth-order valence-electron chi connectivity index (χ4n) is 1.36. The van der Waals surface area contributed by atoms with Crippen molar-refractivity contribution in [2.45, 2.75) is 6.10 Å². The highest BCUT2D eigenvalue weighted by atomic mass is 79.9. The van der Waals surface area contributed by atoms with Crippen molar-refractivity contribution in [3.63, 3.8) is 0 Å². The first-order valence-electron chi connectivity index (χ1n) is 4.35. The van der Waals surface area contributed by atoms with Crippen LogP contribution in [0.1, 0.15) is 17.2 Å². The second-order valence-corrected chi connectivity index (χ2v) is 3.83. The fraction of sp³-hybridized carbons (Fsp3) is 0.0909. The van der Waals surface area contributed by atoms with E-state index in [0.29, 0.717) is 15.8 Å². The van der Waals surface area contributed by atoms with Gasteiger partial charge in [0.2, 0.25) is 0 Å². The number of hydrogen-bond acceptors (Lipinski definition) is 2. The van der Waals surface area contributed by atoms with E-state index >= 15 is 0 Å². The third-order valence-electron chi connectivity index (χ3n) is 2.11. The Morgan fingerprint density at radius 3 is 2.73 bits per heavy atom. The molecule has 0 fully saturated rings. The Labute approximate surface area is 94.5 Å². The molecule has 0 amide bonds. The van der Waals surface area contributed by atoms with Gasteiger partial charge in [-0.05, 0) is 39.7 Å². The van der Waals surface area contributed by atoms with Gasteiger partial charge in [-0.1, -0.05) is 12.1 Å². The molecule has 78 valence electrons. The van der Waals surface area contributed by atoms with E-state index in [-0.39, 0.29) is 5.82 Å². The largest absolute Gasteiger partial charge is 0.457 e. The highest BCUT2D eigenvalue weighted by molar-refractivity contribution is 9.10. The minimum atomic E-state index is -0.881. The minimum Gasteiger partial charge on any atom is -0.457 e. The zero-order chi connectivity index (χ0) is 10.8. The summed E-state index contributed by atoms with van der Waals surface area (Å²) in [5, 5.41) is 9.93. The molecule has 1 unspecified atom stereocenters. The molecule has 15 heavy (non-hydrogen) atoms. The van der Waals surface area contributed by atoms with Gasteiger partial charge in [0.15, 0.2) is 4.67 Å². The number of rotatable bonds is 2. The van der Waals surface area contributed by atoms with Crippen molar-refractivity contribution in [3.8, 4) is 0 Å². The molecule has 2 rings (SSSR count). The zero-order valence-corrected chi connectivity index (χ0v) is 9.24. The van der Waals surface area contributed by atoms with E-state index in [0.717, 1.165) is 0 Å². The molecule has 0 bridgehead atoms. The molecular formula is C11H8BrFO2. The van der Waals surface area contributed by atoms with Gasteiger partial charge in [-0.25, -0.2) is 4.39 Å². The van der Waals surface area contributed by atoms with Crippen molar-refractivity contribution >= 4 is 15.9 Å². The van der Waals surface area contributed by atoms with E-state index in [4.69, 9.17) is 4.42 Å². The van der Waals surface area contributed by atoms with E-state index < -0.39 is 6.10 Å². The average molecular weight is 271 g/mol. The van der Waals surface area contributed by atoms with Crippen LogP contribution in [0.25, 0.3) is 0 Å². The van der Waals surface area contributed by atoms with Crippen LogP contribution in [0.3, 0.4) is 0 Å². The second-order valence-electron chi connectivity index (χ2n) is 3.11. The lowest BCUT2D eigenvalue weighted by molar-refractivity contribution is 0.217. The summed E-state index contributed by atoms with van der Waals surface area (Å²) in [6.07, 6.45) is 0.580. The summed E-state index contributed by atoms with van der Waals surface area (Å²) in [5.41, 5.74) is 1.08. The Hall–Kier alpha value is -1.13. The van der Waals surface area contributed by atoms with Crippen molar-refractivity contribution in [2.75, 3.05) is 0 Å². The van der Waals surface area contributed by atoms with E-state index in [9.17, 15) is 9.50 Å². The molecule has 2 aromatic rings. The third kappa shape index (κ3) is 2.11. The zero-order valence-electron chi connectivity index (χ0n) is 7.65. The highest BCUT2D eigenvalue weighted by Gasteiger charge is 2.15. The summed E-state index contributed by atoms with van der Waals surface area (Å²) in [6, 6.07) is 7.49. The minimum absolute atomic E-state index is 0.369. The first-order valence-corrected chi connectivity index (χ1v) is 5.14. The molecule has 1 atom stereocenters. The van der Waals surface area contributed by atoms with Crippen LogP contribution in [0.5, 0.6) is 0 Å². The van der Waals surface area contributed by atoms with Crippen LogP contribution in [0.15, 0.2) is 45.7 Å². The summed E-state index contributed by atoms with van der Waals surface area (Å²) in [5.74, 6) is -0.369. The standard InChI is InChI=1S/C11H8BrFO2/c12-11-9(4-5-15-11)10(14)7-2-1-3-8(13)6-7/h1-6,10,14H. The van der Waals surface area contributed by atoms with Gasteiger partial charge in [0, 0.05) is 5.56 Å². The fourth-order valence-corrected chi connectivity index (χ4v) is 1.81. The number of benzene rings is 1. The van der Waals surface area contributed by atoms with Gasteiger partial charge in [0.25, 0.3) is 0 Å². The van der Waals surface area contributed by atoms with E-state index in [1.807, 2.05) is 0 Å². The third-order valence-corrected chi connectivity index (χ3v) is 2.75. The molecule has 1 aromatic heterocycles. The lowest BCUT2D eigenvalue weighted by Crippen LogP contribution is -1.99. The molecule has 2 nitrogen and oxygen atoms in total. The van der Waals surface area contributed by atoms with Crippen LogP contribution in [0.4, 0.5) is 4.39 Å². The van der Waals surface area contributed by atoms with Gasteiger partial charge in [-0.3, -0.25) is 0 Å². The quantitative estimate of drug-likeness (QED) is 0.909. The Morgan fingerprint density at radius 1 is 1.33 bits per heavy atom. The topological polar surface area (TPSA) is 33.4 Å². The van der Waals surface area contributed by atoms with Crippen molar-refractivity contribution in [1.82, 2.24) is 0 Å². The Morgan fingerprint density at radius 2 is 2.13 bits per heavy atom. The normalized spacial score (nSPS) is 12.7. The predicted octanol–water partition coefficient (Wildman–Crippen LogP) is 3.26. The number of halogens is 2. The number of furan rings is 1. The van der Waals surface area contributed by atoms with Crippen molar-refractivity contribution in [3.05, 3.63) is 58.2 Å². The molecule has 0 radical (unpaired) electrons. The van der Waals surface area contributed by atoms with Gasteiger partial charge in [0.05, 0.1) is 6.26 Å². The molecule has 1 aromatic carbocycles. The van der Waals surface area contributed by atoms with Crippen molar-refractivity contribution < 1.29 is 13.9 Å². The molecule has 0 aliphatic heterocycles. The SMILES string of the molecule is OC(c1cccc(F)c1)c1ccoc1Br. The van der Waals surface area contributed by atoms with Gasteiger partial charge < -0.3 is 9.52 Å². The first kappa shape index (κ1) is 10.4. The first-order chi connectivity index (χ1) is 7.18. The van der Waals surface area contributed by atoms with Crippen LogP contribution in [-0.2, 0) is 0 Å². The molecule has 1 N–H and O–H groups in total. The number of aliphatic hydroxyl groups excluding tert-OH is 1. The molecule has 0 saturated carbocycles. The Balaban J connectivity index is 2.36. The maximum Gasteiger partial charge on any atom is 0.175 e.